The summed E-state index contributed by atoms with van der Waals surface area (Å²) in [4.78, 5) is 2.03. The van der Waals surface area contributed by atoms with E-state index in [0.717, 1.165) is 12.2 Å². The van der Waals surface area contributed by atoms with Gasteiger partial charge in [0.05, 0.1) is 5.75 Å². The molecule has 0 heterocycles. The van der Waals surface area contributed by atoms with Crippen LogP contribution in [0.3, 0.4) is 0 Å². The maximum atomic E-state index is 11.3. The van der Waals surface area contributed by atoms with Crippen LogP contribution < -0.4 is 10.2 Å². The third kappa shape index (κ3) is 4.80. The van der Waals surface area contributed by atoms with Gasteiger partial charge in [-0.2, -0.15) is 0 Å². The van der Waals surface area contributed by atoms with Crippen LogP contribution in [0.5, 0.6) is 0 Å². The first-order chi connectivity index (χ1) is 9.35. The van der Waals surface area contributed by atoms with E-state index in [1.54, 1.807) is 0 Å². The highest BCUT2D eigenvalue weighted by Gasteiger charge is 2.21. The zero-order valence-electron chi connectivity index (χ0n) is 12.5. The van der Waals surface area contributed by atoms with Gasteiger partial charge in [-0.3, -0.25) is 0 Å². The lowest BCUT2D eigenvalue weighted by Gasteiger charge is -2.23. The van der Waals surface area contributed by atoms with Gasteiger partial charge in [-0.25, -0.2) is 8.42 Å². The Labute approximate surface area is 122 Å². The van der Waals surface area contributed by atoms with Gasteiger partial charge in [0, 0.05) is 38.1 Å². The number of sulfone groups is 1. The molecule has 112 valence electrons. The van der Waals surface area contributed by atoms with E-state index >= 15 is 0 Å². The molecule has 20 heavy (non-hydrogen) atoms. The summed E-state index contributed by atoms with van der Waals surface area (Å²) < 4.78 is 22.6. The number of nitrogens with zero attached hydrogens (tertiary/aromatic N) is 1. The van der Waals surface area contributed by atoms with Crippen molar-refractivity contribution in [3.63, 3.8) is 0 Å². The number of benzene rings is 1. The van der Waals surface area contributed by atoms with Gasteiger partial charge in [0.25, 0.3) is 0 Å². The molecule has 1 saturated carbocycles. The molecule has 0 radical (unpaired) electrons. The SMILES string of the molecule is Cc1ccc(N(C)CCS(C)(=O)=O)c(CNC2CC2)c1. The Hall–Kier alpha value is -1.07. The van der Waals surface area contributed by atoms with Crippen molar-refractivity contribution in [2.24, 2.45) is 0 Å². The van der Waals surface area contributed by atoms with Crippen molar-refractivity contribution in [3.8, 4) is 0 Å². The van der Waals surface area contributed by atoms with E-state index < -0.39 is 9.84 Å². The molecule has 1 N–H and O–H groups in total. The number of rotatable bonds is 7. The highest BCUT2D eigenvalue weighted by Crippen LogP contribution is 2.24. The second-order valence-electron chi connectivity index (χ2n) is 5.84. The average molecular weight is 296 g/mol. The molecule has 0 atom stereocenters. The van der Waals surface area contributed by atoms with Crippen LogP contribution in [0.1, 0.15) is 24.0 Å². The van der Waals surface area contributed by atoms with E-state index in [2.05, 4.69) is 30.4 Å². The standard InChI is InChI=1S/C15H24N2O2S/c1-12-4-7-15(17(2)8-9-20(3,18)19)13(10-12)11-16-14-5-6-14/h4,7,10,14,16H,5-6,8-9,11H2,1-3H3. The molecule has 4 nitrogen and oxygen atoms in total. The second-order valence-corrected chi connectivity index (χ2v) is 8.10. The molecular formula is C15H24N2O2S. The topological polar surface area (TPSA) is 49.4 Å². The lowest BCUT2D eigenvalue weighted by atomic mass is 10.1. The van der Waals surface area contributed by atoms with E-state index in [1.807, 2.05) is 11.9 Å². The predicted molar refractivity (Wildman–Crippen MR) is 84.0 cm³/mol. The largest absolute Gasteiger partial charge is 0.373 e. The normalized spacial score (nSPS) is 15.3. The van der Waals surface area contributed by atoms with Gasteiger partial charge in [0.2, 0.25) is 0 Å². The quantitative estimate of drug-likeness (QED) is 0.832. The summed E-state index contributed by atoms with van der Waals surface area (Å²) in [5, 5.41) is 3.52. The zero-order chi connectivity index (χ0) is 14.8. The summed E-state index contributed by atoms with van der Waals surface area (Å²) in [5.41, 5.74) is 3.60. The number of anilines is 1. The minimum atomic E-state index is -2.92. The molecule has 0 bridgehead atoms. The smallest absolute Gasteiger partial charge is 0.149 e. The van der Waals surface area contributed by atoms with Crippen molar-refractivity contribution < 1.29 is 8.42 Å². The Morgan fingerprint density at radius 1 is 1.35 bits per heavy atom. The minimum absolute atomic E-state index is 0.187. The third-order valence-electron chi connectivity index (χ3n) is 3.60. The Morgan fingerprint density at radius 3 is 2.65 bits per heavy atom. The van der Waals surface area contributed by atoms with Gasteiger partial charge in [0.15, 0.2) is 0 Å². The summed E-state index contributed by atoms with van der Waals surface area (Å²) in [6, 6.07) is 7.01. The Kier molecular flexibility index (Phi) is 4.70. The third-order valence-corrected chi connectivity index (χ3v) is 4.53. The van der Waals surface area contributed by atoms with Crippen LogP contribution in [0.2, 0.25) is 0 Å². The van der Waals surface area contributed by atoms with Gasteiger partial charge in [-0.1, -0.05) is 17.7 Å². The summed E-state index contributed by atoms with van der Waals surface area (Å²) in [6.45, 7) is 3.46. The first-order valence-electron chi connectivity index (χ1n) is 7.07. The Bertz CT molecular complexity index is 565. The van der Waals surface area contributed by atoms with Crippen molar-refractivity contribution in [1.82, 2.24) is 5.32 Å². The van der Waals surface area contributed by atoms with Gasteiger partial charge < -0.3 is 10.2 Å². The lowest BCUT2D eigenvalue weighted by molar-refractivity contribution is 0.601. The summed E-state index contributed by atoms with van der Waals surface area (Å²) in [7, 11) is -0.966. The van der Waals surface area contributed by atoms with Crippen LogP contribution in [0.25, 0.3) is 0 Å². The van der Waals surface area contributed by atoms with E-state index in [4.69, 9.17) is 0 Å². The molecule has 0 aromatic heterocycles. The van der Waals surface area contributed by atoms with Gasteiger partial charge in [0.1, 0.15) is 9.84 Å². The fraction of sp³-hybridized carbons (Fsp3) is 0.600. The minimum Gasteiger partial charge on any atom is -0.373 e. The number of hydrogen-bond donors (Lipinski definition) is 1. The van der Waals surface area contributed by atoms with Crippen molar-refractivity contribution in [2.75, 3.05) is 30.5 Å². The molecule has 1 aromatic carbocycles. The van der Waals surface area contributed by atoms with E-state index in [-0.39, 0.29) is 5.75 Å². The van der Waals surface area contributed by atoms with Crippen molar-refractivity contribution in [2.45, 2.75) is 32.4 Å². The van der Waals surface area contributed by atoms with Crippen molar-refractivity contribution >= 4 is 15.5 Å². The molecule has 1 fully saturated rings. The molecule has 1 aliphatic carbocycles. The summed E-state index contributed by atoms with van der Waals surface area (Å²) >= 11 is 0. The Morgan fingerprint density at radius 2 is 2.05 bits per heavy atom. The van der Waals surface area contributed by atoms with Crippen LogP contribution in [0.4, 0.5) is 5.69 Å². The molecule has 1 aromatic rings. The molecule has 0 amide bonds. The van der Waals surface area contributed by atoms with Crippen LogP contribution in [-0.4, -0.2) is 40.1 Å². The fourth-order valence-corrected chi connectivity index (χ4v) is 2.80. The van der Waals surface area contributed by atoms with Crippen LogP contribution in [0, 0.1) is 6.92 Å². The molecule has 0 unspecified atom stereocenters. The molecule has 0 saturated heterocycles. The zero-order valence-corrected chi connectivity index (χ0v) is 13.3. The molecule has 0 spiro atoms. The molecule has 0 aliphatic heterocycles. The highest BCUT2D eigenvalue weighted by atomic mass is 32.2. The predicted octanol–water partition coefficient (Wildman–Crippen LogP) is 1.73. The van der Waals surface area contributed by atoms with Crippen LogP contribution in [-0.2, 0) is 16.4 Å². The monoisotopic (exact) mass is 296 g/mol. The first-order valence-corrected chi connectivity index (χ1v) is 9.13. The Balaban J connectivity index is 2.07. The van der Waals surface area contributed by atoms with Gasteiger partial charge in [-0.05, 0) is 31.4 Å². The average Bonchev–Trinajstić information content (AvgIpc) is 3.16. The second kappa shape index (κ2) is 6.14. The summed E-state index contributed by atoms with van der Waals surface area (Å²) in [6.07, 6.45) is 3.82. The first kappa shape index (κ1) is 15.3. The van der Waals surface area contributed by atoms with E-state index in [1.165, 1.54) is 30.2 Å². The van der Waals surface area contributed by atoms with Gasteiger partial charge in [-0.15, -0.1) is 0 Å². The van der Waals surface area contributed by atoms with Crippen molar-refractivity contribution in [3.05, 3.63) is 29.3 Å². The maximum absolute atomic E-state index is 11.3. The number of nitrogens with one attached hydrogen (secondary N) is 1. The molecule has 2 rings (SSSR count). The maximum Gasteiger partial charge on any atom is 0.149 e. The molecule has 1 aliphatic rings. The highest BCUT2D eigenvalue weighted by molar-refractivity contribution is 7.90. The molecular weight excluding hydrogens is 272 g/mol. The number of hydrogen-bond acceptors (Lipinski definition) is 4. The summed E-state index contributed by atoms with van der Waals surface area (Å²) in [5.74, 6) is 0.187. The fourth-order valence-electron chi connectivity index (χ4n) is 2.19. The number of aryl methyl sites for hydroxylation is 1. The van der Waals surface area contributed by atoms with E-state index in [0.29, 0.717) is 12.6 Å². The lowest BCUT2D eigenvalue weighted by Crippen LogP contribution is -2.27. The van der Waals surface area contributed by atoms with Crippen LogP contribution in [0.15, 0.2) is 18.2 Å². The van der Waals surface area contributed by atoms with E-state index in [9.17, 15) is 8.42 Å². The molecule has 5 heteroatoms. The van der Waals surface area contributed by atoms with Gasteiger partial charge >= 0.3 is 0 Å². The van der Waals surface area contributed by atoms with Crippen molar-refractivity contribution in [1.29, 1.82) is 0 Å². The van der Waals surface area contributed by atoms with Crippen LogP contribution >= 0.6 is 0 Å².